The summed E-state index contributed by atoms with van der Waals surface area (Å²) in [4.78, 5) is 12.8. The van der Waals surface area contributed by atoms with Gasteiger partial charge in [0.15, 0.2) is 11.5 Å². The van der Waals surface area contributed by atoms with Gasteiger partial charge in [0.05, 0.1) is 6.33 Å². The summed E-state index contributed by atoms with van der Waals surface area (Å²) >= 11 is 0. The zero-order valence-electron chi connectivity index (χ0n) is 19.0. The van der Waals surface area contributed by atoms with E-state index in [4.69, 9.17) is 10.5 Å². The van der Waals surface area contributed by atoms with Crippen LogP contribution in [0.3, 0.4) is 0 Å². The topological polar surface area (TPSA) is 113 Å². The molecule has 0 aliphatic carbocycles. The third-order valence-electron chi connectivity index (χ3n) is 6.43. The lowest BCUT2D eigenvalue weighted by Crippen LogP contribution is -2.41. The molecular weight excluding hydrogens is 450 g/mol. The molecule has 5 rings (SSSR count). The first-order valence-corrected chi connectivity index (χ1v) is 13.2. The highest BCUT2D eigenvalue weighted by Crippen LogP contribution is 2.43. The van der Waals surface area contributed by atoms with Crippen molar-refractivity contribution in [2.45, 2.75) is 42.5 Å². The highest BCUT2D eigenvalue weighted by Gasteiger charge is 2.40. The molecule has 176 valence electrons. The number of nitrogen functional groups attached to an aromatic ring is 1. The van der Waals surface area contributed by atoms with Crippen molar-refractivity contribution in [2.24, 2.45) is 0 Å². The third kappa shape index (κ3) is 4.17. The predicted octanol–water partition coefficient (Wildman–Crippen LogP) is 3.89. The van der Waals surface area contributed by atoms with E-state index in [1.54, 1.807) is 6.33 Å². The molecule has 0 spiro atoms. The molecular formula is C25H27N5O3S. The lowest BCUT2D eigenvalue weighted by molar-refractivity contribution is -0.142. The lowest BCUT2D eigenvalue weighted by Gasteiger charge is -2.41. The average molecular weight is 478 g/mol. The maximum atomic E-state index is 12.2. The molecule has 1 fully saturated rings. The standard InChI is InChI=1S/C25H27N5O3S/c1-34(31,32)24-28-22(26)21-23(29-24)30(17-27-21)25(14-8-9-15-33-25)16-20(18-10-4-2-5-11-18)19-12-6-3-7-13-19/h2-7,10-13,17,20H,8-9,14-16H2,1H3,(H2,26,28,29). The second kappa shape index (κ2) is 8.81. The van der Waals surface area contributed by atoms with Crippen molar-refractivity contribution in [3.8, 4) is 0 Å². The summed E-state index contributed by atoms with van der Waals surface area (Å²) in [6.07, 6.45) is 6.02. The Hall–Kier alpha value is -3.30. The van der Waals surface area contributed by atoms with Gasteiger partial charge in [-0.15, -0.1) is 0 Å². The van der Waals surface area contributed by atoms with Gasteiger partial charge in [-0.2, -0.15) is 9.97 Å². The zero-order valence-corrected chi connectivity index (χ0v) is 19.8. The second-order valence-electron chi connectivity index (χ2n) is 8.78. The molecule has 2 aromatic heterocycles. The van der Waals surface area contributed by atoms with Gasteiger partial charge in [0.2, 0.25) is 9.84 Å². The molecule has 9 heteroatoms. The van der Waals surface area contributed by atoms with Crippen LogP contribution in [0, 0.1) is 0 Å². The molecule has 1 unspecified atom stereocenters. The Morgan fingerprint density at radius 2 is 1.68 bits per heavy atom. The highest BCUT2D eigenvalue weighted by molar-refractivity contribution is 7.90. The Balaban J connectivity index is 1.68. The van der Waals surface area contributed by atoms with Gasteiger partial charge in [-0.1, -0.05) is 60.7 Å². The largest absolute Gasteiger partial charge is 0.382 e. The van der Waals surface area contributed by atoms with Crippen LogP contribution in [0.2, 0.25) is 0 Å². The van der Waals surface area contributed by atoms with Gasteiger partial charge in [-0.05, 0) is 30.4 Å². The van der Waals surface area contributed by atoms with Gasteiger partial charge in [-0.25, -0.2) is 13.4 Å². The highest BCUT2D eigenvalue weighted by atomic mass is 32.2. The summed E-state index contributed by atoms with van der Waals surface area (Å²) in [5.41, 5.74) is 8.42. The van der Waals surface area contributed by atoms with Crippen LogP contribution in [0.15, 0.2) is 72.1 Å². The van der Waals surface area contributed by atoms with Crippen molar-refractivity contribution in [1.29, 1.82) is 0 Å². The first kappa shape index (κ1) is 22.5. The number of nitrogens with two attached hydrogens (primary N) is 1. The summed E-state index contributed by atoms with van der Waals surface area (Å²) in [6.45, 7) is 0.593. The number of fused-ring (bicyclic) bond motifs is 1. The quantitative estimate of drug-likeness (QED) is 0.419. The number of rotatable bonds is 6. The number of sulfone groups is 1. The van der Waals surface area contributed by atoms with E-state index in [9.17, 15) is 8.42 Å². The van der Waals surface area contributed by atoms with Crippen LogP contribution in [0.1, 0.15) is 42.7 Å². The van der Waals surface area contributed by atoms with Gasteiger partial charge in [0, 0.05) is 25.2 Å². The minimum atomic E-state index is -3.66. The summed E-state index contributed by atoms with van der Waals surface area (Å²) in [5.74, 6) is 0.0873. The minimum Gasteiger partial charge on any atom is -0.382 e. The van der Waals surface area contributed by atoms with Crippen LogP contribution in [-0.2, 0) is 20.3 Å². The molecule has 3 heterocycles. The molecule has 8 nitrogen and oxygen atoms in total. The molecule has 0 radical (unpaired) electrons. The Morgan fingerprint density at radius 1 is 1.03 bits per heavy atom. The van der Waals surface area contributed by atoms with E-state index < -0.39 is 15.6 Å². The van der Waals surface area contributed by atoms with Crippen molar-refractivity contribution in [3.05, 3.63) is 78.1 Å². The fourth-order valence-corrected chi connectivity index (χ4v) is 5.29. The summed E-state index contributed by atoms with van der Waals surface area (Å²) in [7, 11) is -3.66. The molecule has 0 bridgehead atoms. The van der Waals surface area contributed by atoms with Gasteiger partial charge in [0.25, 0.3) is 5.16 Å². The van der Waals surface area contributed by atoms with E-state index in [1.165, 1.54) is 11.1 Å². The van der Waals surface area contributed by atoms with Crippen LogP contribution in [-0.4, -0.2) is 40.8 Å². The van der Waals surface area contributed by atoms with E-state index in [-0.39, 0.29) is 16.9 Å². The molecule has 2 N–H and O–H groups in total. The molecule has 34 heavy (non-hydrogen) atoms. The van der Waals surface area contributed by atoms with Crippen molar-refractivity contribution >= 4 is 26.8 Å². The average Bonchev–Trinajstić information content (AvgIpc) is 3.29. The van der Waals surface area contributed by atoms with Crippen molar-refractivity contribution < 1.29 is 13.2 Å². The number of aromatic nitrogens is 4. The third-order valence-corrected chi connectivity index (χ3v) is 7.28. The Kier molecular flexibility index (Phi) is 5.83. The number of hydrogen-bond acceptors (Lipinski definition) is 7. The smallest absolute Gasteiger partial charge is 0.250 e. The van der Waals surface area contributed by atoms with Crippen molar-refractivity contribution in [3.63, 3.8) is 0 Å². The minimum absolute atomic E-state index is 0.0396. The van der Waals surface area contributed by atoms with Crippen LogP contribution >= 0.6 is 0 Å². The maximum absolute atomic E-state index is 12.2. The molecule has 4 aromatic rings. The van der Waals surface area contributed by atoms with Crippen LogP contribution in [0.4, 0.5) is 5.82 Å². The summed E-state index contributed by atoms with van der Waals surface area (Å²) in [5, 5.41) is -0.312. The van der Waals surface area contributed by atoms with E-state index in [0.717, 1.165) is 25.5 Å². The van der Waals surface area contributed by atoms with Gasteiger partial charge in [0.1, 0.15) is 11.2 Å². The fraction of sp³-hybridized carbons (Fsp3) is 0.320. The number of ether oxygens (including phenoxy) is 1. The first-order chi connectivity index (χ1) is 16.4. The summed E-state index contributed by atoms with van der Waals surface area (Å²) in [6, 6.07) is 20.7. The molecule has 1 saturated heterocycles. The molecule has 1 atom stereocenters. The monoisotopic (exact) mass is 477 g/mol. The fourth-order valence-electron chi connectivity index (χ4n) is 4.77. The SMILES string of the molecule is CS(=O)(=O)c1nc(N)c2ncn(C3(CC(c4ccccc4)c4ccccc4)CCCCO3)c2n1. The lowest BCUT2D eigenvalue weighted by atomic mass is 9.82. The van der Waals surface area contributed by atoms with Gasteiger partial charge >= 0.3 is 0 Å². The number of imidazole rings is 1. The number of nitrogens with zero attached hydrogens (tertiary/aromatic N) is 4. The summed E-state index contributed by atoms with van der Waals surface area (Å²) < 4.78 is 32.8. The Labute approximate surface area is 198 Å². The number of anilines is 1. The molecule has 2 aromatic carbocycles. The molecule has 1 aliphatic rings. The maximum Gasteiger partial charge on any atom is 0.250 e. The van der Waals surface area contributed by atoms with Crippen molar-refractivity contribution in [1.82, 2.24) is 19.5 Å². The first-order valence-electron chi connectivity index (χ1n) is 11.3. The van der Waals surface area contributed by atoms with Crippen LogP contribution < -0.4 is 5.73 Å². The van der Waals surface area contributed by atoms with E-state index in [0.29, 0.717) is 24.2 Å². The second-order valence-corrected chi connectivity index (χ2v) is 10.7. The van der Waals surface area contributed by atoms with Crippen LogP contribution in [0.25, 0.3) is 11.2 Å². The van der Waals surface area contributed by atoms with E-state index in [2.05, 4.69) is 39.2 Å². The molecule has 0 amide bonds. The molecule has 1 aliphatic heterocycles. The molecule has 0 saturated carbocycles. The Morgan fingerprint density at radius 3 is 2.24 bits per heavy atom. The Bertz CT molecular complexity index is 1360. The van der Waals surface area contributed by atoms with Crippen molar-refractivity contribution in [2.75, 3.05) is 18.6 Å². The van der Waals surface area contributed by atoms with E-state index >= 15 is 0 Å². The number of benzene rings is 2. The predicted molar refractivity (Wildman–Crippen MR) is 130 cm³/mol. The van der Waals surface area contributed by atoms with Crippen LogP contribution in [0.5, 0.6) is 0 Å². The van der Waals surface area contributed by atoms with Gasteiger partial charge in [-0.3, -0.25) is 4.57 Å². The number of hydrogen-bond donors (Lipinski definition) is 1. The normalized spacial score (nSPS) is 19.0. The van der Waals surface area contributed by atoms with Gasteiger partial charge < -0.3 is 10.5 Å². The van der Waals surface area contributed by atoms with E-state index in [1.807, 2.05) is 41.0 Å². The zero-order chi connectivity index (χ0) is 23.8.